The van der Waals surface area contributed by atoms with Gasteiger partial charge in [0.05, 0.1) is 22.6 Å². The third kappa shape index (κ3) is 2.95. The third-order valence-electron chi connectivity index (χ3n) is 5.72. The number of hydrogen-bond donors (Lipinski definition) is 1. The van der Waals surface area contributed by atoms with E-state index in [0.717, 1.165) is 53.2 Å². The zero-order chi connectivity index (χ0) is 19.3. The summed E-state index contributed by atoms with van der Waals surface area (Å²) in [6, 6.07) is 8.64. The molecule has 0 radical (unpaired) electrons. The molecule has 142 valence electrons. The number of nitrogens with one attached hydrogen (secondary N) is 1. The van der Waals surface area contributed by atoms with E-state index in [1.54, 1.807) is 0 Å². The molecule has 3 heterocycles. The molecular weight excluding hydrogens is 336 g/mol. The van der Waals surface area contributed by atoms with E-state index in [4.69, 9.17) is 4.98 Å². The van der Waals surface area contributed by atoms with E-state index in [1.807, 2.05) is 17.0 Å². The first-order chi connectivity index (χ1) is 12.9. The molecule has 1 aliphatic rings. The Morgan fingerprint density at radius 1 is 1.22 bits per heavy atom. The molecule has 27 heavy (non-hydrogen) atoms. The largest absolute Gasteiger partial charge is 0.346 e. The van der Waals surface area contributed by atoms with Crippen LogP contribution in [0.25, 0.3) is 11.0 Å². The molecule has 0 aliphatic carbocycles. The number of carbonyl (C=O) groups excluding carboxylic acids is 1. The first-order valence-electron chi connectivity index (χ1n) is 9.82. The number of amides is 1. The topological polar surface area (TPSA) is 53.9 Å². The van der Waals surface area contributed by atoms with Gasteiger partial charge in [0, 0.05) is 24.0 Å². The summed E-state index contributed by atoms with van der Waals surface area (Å²) >= 11 is 0. The van der Waals surface area contributed by atoms with E-state index >= 15 is 0 Å². The number of imidazole rings is 1. The minimum atomic E-state index is 0.0207. The van der Waals surface area contributed by atoms with Gasteiger partial charge in [0.15, 0.2) is 0 Å². The van der Waals surface area contributed by atoms with Crippen LogP contribution in [0, 0.1) is 20.8 Å². The fourth-order valence-corrected chi connectivity index (χ4v) is 4.54. The summed E-state index contributed by atoms with van der Waals surface area (Å²) < 4.78 is 2.24. The van der Waals surface area contributed by atoms with Crippen LogP contribution in [0.1, 0.15) is 71.9 Å². The number of likely N-dealkylation sites (tertiary alicyclic amines) is 1. The van der Waals surface area contributed by atoms with E-state index in [2.05, 4.69) is 56.3 Å². The Balaban J connectivity index is 1.68. The van der Waals surface area contributed by atoms with E-state index in [-0.39, 0.29) is 11.9 Å². The van der Waals surface area contributed by atoms with Crippen molar-refractivity contribution in [1.82, 2.24) is 19.4 Å². The predicted octanol–water partition coefficient (Wildman–Crippen LogP) is 4.85. The van der Waals surface area contributed by atoms with E-state index in [9.17, 15) is 4.79 Å². The third-order valence-corrected chi connectivity index (χ3v) is 5.72. The Labute approximate surface area is 160 Å². The number of aryl methyl sites for hydroxylation is 2. The second-order valence-corrected chi connectivity index (χ2v) is 8.05. The zero-order valence-corrected chi connectivity index (χ0v) is 16.8. The Morgan fingerprint density at radius 3 is 2.70 bits per heavy atom. The maximum absolute atomic E-state index is 13.4. The molecule has 1 fully saturated rings. The number of benzene rings is 1. The summed E-state index contributed by atoms with van der Waals surface area (Å²) in [7, 11) is 0. The number of carbonyl (C=O) groups is 1. The zero-order valence-electron chi connectivity index (χ0n) is 16.8. The molecule has 1 amide bonds. The monoisotopic (exact) mass is 364 g/mol. The molecule has 5 heteroatoms. The van der Waals surface area contributed by atoms with Gasteiger partial charge in [0.2, 0.25) is 0 Å². The van der Waals surface area contributed by atoms with Gasteiger partial charge in [0.25, 0.3) is 5.91 Å². The summed E-state index contributed by atoms with van der Waals surface area (Å²) in [5, 5.41) is 0. The molecule has 2 aromatic heterocycles. The minimum Gasteiger partial charge on any atom is -0.346 e. The summed E-state index contributed by atoms with van der Waals surface area (Å²) in [6.07, 6.45) is 1.96. The van der Waals surface area contributed by atoms with Crippen LogP contribution < -0.4 is 0 Å². The summed E-state index contributed by atoms with van der Waals surface area (Å²) in [5.41, 5.74) is 6.23. The highest BCUT2D eigenvalue weighted by Gasteiger charge is 2.34. The molecule has 0 saturated carbocycles. The average Bonchev–Trinajstić information content (AvgIpc) is 3.30. The van der Waals surface area contributed by atoms with E-state index in [0.29, 0.717) is 6.04 Å². The fraction of sp³-hybridized carbons (Fsp3) is 0.455. The van der Waals surface area contributed by atoms with Crippen molar-refractivity contribution in [3.8, 4) is 0 Å². The quantitative estimate of drug-likeness (QED) is 0.722. The Morgan fingerprint density at radius 2 is 2.00 bits per heavy atom. The van der Waals surface area contributed by atoms with Crippen LogP contribution in [0.3, 0.4) is 0 Å². The van der Waals surface area contributed by atoms with Gasteiger partial charge in [-0.2, -0.15) is 0 Å². The molecule has 0 bridgehead atoms. The molecule has 1 aromatic carbocycles. The molecule has 1 atom stereocenters. The standard InChI is InChI=1S/C22H28N4O/c1-13(2)26-15(4)12-17(16(26)5)22(27)25-10-6-7-20(25)21-23-18-9-8-14(3)11-19(18)24-21/h8-9,11-13,20H,6-7,10H2,1-5H3,(H,23,24)/t20-/m1/s1. The van der Waals surface area contributed by atoms with Gasteiger partial charge in [0.1, 0.15) is 5.82 Å². The molecular formula is C22H28N4O. The number of fused-ring (bicyclic) bond motifs is 1. The lowest BCUT2D eigenvalue weighted by atomic mass is 10.1. The highest BCUT2D eigenvalue weighted by Crippen LogP contribution is 2.34. The van der Waals surface area contributed by atoms with E-state index < -0.39 is 0 Å². The van der Waals surface area contributed by atoms with Crippen LogP contribution in [-0.4, -0.2) is 31.9 Å². The van der Waals surface area contributed by atoms with Gasteiger partial charge in [-0.1, -0.05) is 6.07 Å². The SMILES string of the molecule is Cc1ccc2nc([C@H]3CCCN3C(=O)c3cc(C)n(C(C)C)c3C)[nH]c2c1. The lowest BCUT2D eigenvalue weighted by Gasteiger charge is -2.23. The van der Waals surface area contributed by atoms with Crippen molar-refractivity contribution in [2.45, 2.75) is 59.5 Å². The second kappa shape index (κ2) is 6.55. The predicted molar refractivity (Wildman–Crippen MR) is 108 cm³/mol. The number of nitrogens with zero attached hydrogens (tertiary/aromatic N) is 3. The number of aromatic nitrogens is 3. The second-order valence-electron chi connectivity index (χ2n) is 8.05. The van der Waals surface area contributed by atoms with Crippen molar-refractivity contribution in [2.24, 2.45) is 0 Å². The maximum atomic E-state index is 13.4. The molecule has 0 unspecified atom stereocenters. The molecule has 0 spiro atoms. The first kappa shape index (κ1) is 17.8. The van der Waals surface area contributed by atoms with Crippen LogP contribution in [-0.2, 0) is 0 Å². The van der Waals surface area contributed by atoms with Gasteiger partial charge < -0.3 is 14.5 Å². The number of rotatable bonds is 3. The highest BCUT2D eigenvalue weighted by molar-refractivity contribution is 5.96. The van der Waals surface area contributed by atoms with Gasteiger partial charge >= 0.3 is 0 Å². The fourth-order valence-electron chi connectivity index (χ4n) is 4.54. The first-order valence-corrected chi connectivity index (χ1v) is 9.82. The number of H-pyrrole nitrogens is 1. The molecule has 5 nitrogen and oxygen atoms in total. The van der Waals surface area contributed by atoms with Crippen molar-refractivity contribution in [2.75, 3.05) is 6.54 Å². The number of aromatic amines is 1. The van der Waals surface area contributed by atoms with Crippen LogP contribution in [0.2, 0.25) is 0 Å². The average molecular weight is 364 g/mol. The molecule has 3 aromatic rings. The van der Waals surface area contributed by atoms with Gasteiger partial charge in [-0.25, -0.2) is 4.98 Å². The van der Waals surface area contributed by atoms with Crippen LogP contribution in [0.4, 0.5) is 0 Å². The van der Waals surface area contributed by atoms with Crippen molar-refractivity contribution >= 4 is 16.9 Å². The Bertz CT molecular complexity index is 1010. The van der Waals surface area contributed by atoms with Gasteiger partial charge in [-0.3, -0.25) is 4.79 Å². The lowest BCUT2D eigenvalue weighted by molar-refractivity contribution is 0.0729. The van der Waals surface area contributed by atoms with E-state index in [1.165, 1.54) is 5.56 Å². The summed E-state index contributed by atoms with van der Waals surface area (Å²) in [5.74, 6) is 1.02. The molecule has 4 rings (SSSR count). The lowest BCUT2D eigenvalue weighted by Crippen LogP contribution is -2.31. The van der Waals surface area contributed by atoms with Crippen LogP contribution in [0.15, 0.2) is 24.3 Å². The Hall–Kier alpha value is -2.56. The highest BCUT2D eigenvalue weighted by atomic mass is 16.2. The summed E-state index contributed by atoms with van der Waals surface area (Å²) in [4.78, 5) is 23.6. The number of hydrogen-bond acceptors (Lipinski definition) is 2. The summed E-state index contributed by atoms with van der Waals surface area (Å²) in [6.45, 7) is 11.3. The van der Waals surface area contributed by atoms with Gasteiger partial charge in [-0.05, 0) is 71.2 Å². The van der Waals surface area contributed by atoms with Crippen LogP contribution in [0.5, 0.6) is 0 Å². The van der Waals surface area contributed by atoms with Crippen molar-refractivity contribution < 1.29 is 4.79 Å². The molecule has 1 N–H and O–H groups in total. The smallest absolute Gasteiger partial charge is 0.256 e. The van der Waals surface area contributed by atoms with Crippen molar-refractivity contribution in [3.63, 3.8) is 0 Å². The normalized spacial score (nSPS) is 17.4. The Kier molecular flexibility index (Phi) is 4.33. The van der Waals surface area contributed by atoms with Crippen molar-refractivity contribution in [1.29, 1.82) is 0 Å². The van der Waals surface area contributed by atoms with Crippen LogP contribution >= 0.6 is 0 Å². The van der Waals surface area contributed by atoms with Gasteiger partial charge in [-0.15, -0.1) is 0 Å². The van der Waals surface area contributed by atoms with Crippen molar-refractivity contribution in [3.05, 3.63) is 52.6 Å². The molecule has 1 aliphatic heterocycles. The maximum Gasteiger partial charge on any atom is 0.256 e. The molecule has 1 saturated heterocycles. The minimum absolute atomic E-state index is 0.0207.